The molecule has 2 rings (SSSR count). The summed E-state index contributed by atoms with van der Waals surface area (Å²) >= 11 is 0. The smallest absolute Gasteiger partial charge is 0.239 e. The van der Waals surface area contributed by atoms with Gasteiger partial charge in [-0.1, -0.05) is 36.4 Å². The lowest BCUT2D eigenvalue weighted by Crippen LogP contribution is -2.45. The average Bonchev–Trinajstić information content (AvgIpc) is 2.74. The molecule has 30 heavy (non-hydrogen) atoms. The molecule has 2 aromatic carbocycles. The van der Waals surface area contributed by atoms with Crippen LogP contribution in [0.2, 0.25) is 0 Å². The first-order chi connectivity index (χ1) is 14.1. The third-order valence-corrected chi connectivity index (χ3v) is 4.15. The Hall–Kier alpha value is -2.49. The van der Waals surface area contributed by atoms with Gasteiger partial charge in [-0.15, -0.1) is 24.0 Å². The number of amides is 1. The fraction of sp³-hybridized carbons (Fsp3) is 0.364. The van der Waals surface area contributed by atoms with Gasteiger partial charge in [0.1, 0.15) is 17.6 Å². The molecule has 0 bridgehead atoms. The first kappa shape index (κ1) is 25.5. The summed E-state index contributed by atoms with van der Waals surface area (Å²) in [5.41, 5.74) is 1.20. The van der Waals surface area contributed by atoms with Gasteiger partial charge in [-0.2, -0.15) is 0 Å². The lowest BCUT2D eigenvalue weighted by molar-refractivity contribution is -0.119. The number of nitrogens with one attached hydrogen (secondary N) is 3. The SMILES string of the molecule is CN=C(NCC(=O)NCCc1ccccc1)NCC(C)Oc1cccc(OC)c1.I. The molecule has 2 aromatic rings. The van der Waals surface area contributed by atoms with Gasteiger partial charge in [-0.25, -0.2) is 0 Å². The molecule has 0 aliphatic heterocycles. The van der Waals surface area contributed by atoms with E-state index < -0.39 is 0 Å². The van der Waals surface area contributed by atoms with Crippen molar-refractivity contribution in [1.29, 1.82) is 0 Å². The first-order valence-electron chi connectivity index (χ1n) is 9.66. The third-order valence-electron chi connectivity index (χ3n) is 4.15. The molecule has 7 nitrogen and oxygen atoms in total. The van der Waals surface area contributed by atoms with Gasteiger partial charge in [-0.05, 0) is 31.0 Å². The van der Waals surface area contributed by atoms with Crippen LogP contribution in [0.5, 0.6) is 11.5 Å². The molecule has 164 valence electrons. The molecule has 0 spiro atoms. The molecule has 0 saturated carbocycles. The Morgan fingerprint density at radius 1 is 1.03 bits per heavy atom. The molecular weight excluding hydrogens is 495 g/mol. The van der Waals surface area contributed by atoms with Crippen molar-refractivity contribution >= 4 is 35.8 Å². The maximum Gasteiger partial charge on any atom is 0.239 e. The number of nitrogens with zero attached hydrogens (tertiary/aromatic N) is 1. The summed E-state index contributed by atoms with van der Waals surface area (Å²) in [6.45, 7) is 3.24. The van der Waals surface area contributed by atoms with Crippen molar-refractivity contribution in [3.63, 3.8) is 0 Å². The molecule has 1 amide bonds. The van der Waals surface area contributed by atoms with E-state index in [1.54, 1.807) is 14.2 Å². The van der Waals surface area contributed by atoms with E-state index in [0.29, 0.717) is 19.0 Å². The van der Waals surface area contributed by atoms with Crippen molar-refractivity contribution in [2.24, 2.45) is 4.99 Å². The van der Waals surface area contributed by atoms with Crippen LogP contribution in [0.25, 0.3) is 0 Å². The molecule has 0 aliphatic carbocycles. The van der Waals surface area contributed by atoms with E-state index in [1.165, 1.54) is 5.56 Å². The number of methoxy groups -OCH3 is 1. The third kappa shape index (κ3) is 9.82. The second-order valence-corrected chi connectivity index (χ2v) is 6.50. The zero-order valence-corrected chi connectivity index (χ0v) is 20.0. The molecule has 0 heterocycles. The number of ether oxygens (including phenoxy) is 2. The molecule has 0 fully saturated rings. The van der Waals surface area contributed by atoms with Gasteiger partial charge in [0, 0.05) is 19.7 Å². The summed E-state index contributed by atoms with van der Waals surface area (Å²) in [6, 6.07) is 17.5. The highest BCUT2D eigenvalue weighted by atomic mass is 127. The van der Waals surface area contributed by atoms with Crippen LogP contribution < -0.4 is 25.4 Å². The lowest BCUT2D eigenvalue weighted by atomic mass is 10.1. The van der Waals surface area contributed by atoms with Gasteiger partial charge in [0.2, 0.25) is 5.91 Å². The molecule has 0 aliphatic rings. The van der Waals surface area contributed by atoms with Crippen molar-refractivity contribution in [1.82, 2.24) is 16.0 Å². The Labute approximate surface area is 195 Å². The number of rotatable bonds is 10. The molecule has 0 saturated heterocycles. The van der Waals surface area contributed by atoms with Crippen molar-refractivity contribution < 1.29 is 14.3 Å². The summed E-state index contributed by atoms with van der Waals surface area (Å²) in [5, 5.41) is 9.06. The second-order valence-electron chi connectivity index (χ2n) is 6.50. The van der Waals surface area contributed by atoms with Gasteiger partial charge < -0.3 is 25.4 Å². The first-order valence-corrected chi connectivity index (χ1v) is 9.66. The number of aliphatic imine (C=N–C) groups is 1. The van der Waals surface area contributed by atoms with Crippen LogP contribution in [0.3, 0.4) is 0 Å². The van der Waals surface area contributed by atoms with E-state index >= 15 is 0 Å². The number of hydrogen-bond acceptors (Lipinski definition) is 4. The second kappa shape index (κ2) is 14.5. The van der Waals surface area contributed by atoms with Crippen molar-refractivity contribution in [2.45, 2.75) is 19.4 Å². The van der Waals surface area contributed by atoms with Crippen molar-refractivity contribution in [3.05, 3.63) is 60.2 Å². The predicted molar refractivity (Wildman–Crippen MR) is 131 cm³/mol. The van der Waals surface area contributed by atoms with Crippen LogP contribution in [-0.2, 0) is 11.2 Å². The number of benzene rings is 2. The van der Waals surface area contributed by atoms with Crippen LogP contribution in [0, 0.1) is 0 Å². The predicted octanol–water partition coefficient (Wildman–Crippen LogP) is 2.60. The van der Waals surface area contributed by atoms with E-state index in [1.807, 2.05) is 61.5 Å². The number of halogens is 1. The summed E-state index contributed by atoms with van der Waals surface area (Å²) in [4.78, 5) is 16.1. The van der Waals surface area contributed by atoms with E-state index in [4.69, 9.17) is 9.47 Å². The molecular formula is C22H31IN4O3. The van der Waals surface area contributed by atoms with Crippen LogP contribution in [0.4, 0.5) is 0 Å². The highest BCUT2D eigenvalue weighted by Crippen LogP contribution is 2.19. The Kier molecular flexibility index (Phi) is 12.3. The standard InChI is InChI=1S/C22H30N4O3.HI/c1-17(29-20-11-7-10-19(14-20)28-3)15-25-22(23-2)26-16-21(27)24-13-12-18-8-5-4-6-9-18;/h4-11,14,17H,12-13,15-16H2,1-3H3,(H,24,27)(H2,23,25,26);1H. The molecule has 0 aromatic heterocycles. The monoisotopic (exact) mass is 526 g/mol. The highest BCUT2D eigenvalue weighted by molar-refractivity contribution is 14.0. The molecule has 1 atom stereocenters. The quantitative estimate of drug-likeness (QED) is 0.252. The number of carbonyl (C=O) groups excluding carboxylic acids is 1. The summed E-state index contributed by atoms with van der Waals surface area (Å²) in [6.07, 6.45) is 0.707. The van der Waals surface area contributed by atoms with Crippen LogP contribution in [-0.4, -0.2) is 51.8 Å². The van der Waals surface area contributed by atoms with E-state index in [2.05, 4.69) is 20.9 Å². The van der Waals surface area contributed by atoms with Gasteiger partial charge in [0.25, 0.3) is 0 Å². The molecule has 3 N–H and O–H groups in total. The largest absolute Gasteiger partial charge is 0.497 e. The van der Waals surface area contributed by atoms with Crippen molar-refractivity contribution in [2.75, 3.05) is 33.8 Å². The summed E-state index contributed by atoms with van der Waals surface area (Å²) in [5.74, 6) is 1.95. The van der Waals surface area contributed by atoms with Crippen LogP contribution in [0.1, 0.15) is 12.5 Å². The fourth-order valence-corrected chi connectivity index (χ4v) is 2.63. The minimum absolute atomic E-state index is 0. The maximum absolute atomic E-state index is 12.0. The zero-order valence-electron chi connectivity index (χ0n) is 17.7. The molecule has 8 heteroatoms. The van der Waals surface area contributed by atoms with E-state index in [0.717, 1.165) is 17.9 Å². The number of carbonyl (C=O) groups is 1. The minimum Gasteiger partial charge on any atom is -0.497 e. The van der Waals surface area contributed by atoms with Gasteiger partial charge in [-0.3, -0.25) is 9.79 Å². The van der Waals surface area contributed by atoms with Gasteiger partial charge >= 0.3 is 0 Å². The normalized spacial score (nSPS) is 11.6. The summed E-state index contributed by atoms with van der Waals surface area (Å²) < 4.78 is 11.1. The zero-order chi connectivity index (χ0) is 20.9. The van der Waals surface area contributed by atoms with Gasteiger partial charge in [0.05, 0.1) is 20.2 Å². The topological polar surface area (TPSA) is 84.0 Å². The average molecular weight is 526 g/mol. The summed E-state index contributed by atoms with van der Waals surface area (Å²) in [7, 11) is 3.29. The highest BCUT2D eigenvalue weighted by Gasteiger charge is 2.08. The number of hydrogen-bond donors (Lipinski definition) is 3. The van der Waals surface area contributed by atoms with Crippen LogP contribution >= 0.6 is 24.0 Å². The number of guanidine groups is 1. The van der Waals surface area contributed by atoms with E-state index in [-0.39, 0.29) is 42.5 Å². The van der Waals surface area contributed by atoms with Gasteiger partial charge in [0.15, 0.2) is 5.96 Å². The van der Waals surface area contributed by atoms with E-state index in [9.17, 15) is 4.79 Å². The maximum atomic E-state index is 12.0. The Morgan fingerprint density at radius 3 is 2.47 bits per heavy atom. The Bertz CT molecular complexity index is 787. The van der Waals surface area contributed by atoms with Crippen molar-refractivity contribution in [3.8, 4) is 11.5 Å². The van der Waals surface area contributed by atoms with Crippen LogP contribution in [0.15, 0.2) is 59.6 Å². The Balaban J connectivity index is 0.00000450. The molecule has 1 unspecified atom stereocenters. The lowest BCUT2D eigenvalue weighted by Gasteiger charge is -2.18. The minimum atomic E-state index is -0.0969. The fourth-order valence-electron chi connectivity index (χ4n) is 2.63. The Morgan fingerprint density at radius 2 is 1.77 bits per heavy atom. The molecule has 0 radical (unpaired) electrons.